The van der Waals surface area contributed by atoms with Gasteiger partial charge in [-0.2, -0.15) is 4.98 Å². The normalized spacial score (nSPS) is 20.4. The van der Waals surface area contributed by atoms with E-state index in [1.54, 1.807) is 4.68 Å². The Bertz CT molecular complexity index is 391. The van der Waals surface area contributed by atoms with Crippen molar-refractivity contribution < 1.29 is 4.79 Å². The highest BCUT2D eigenvalue weighted by molar-refractivity contribution is 5.69. The molecule has 1 aliphatic heterocycles. The standard InChI is InChI=1S/C11H16N4O/c16-8-10-12-11(14-5-1-2-6-14)13-15(10)7-9-3-4-9/h8-9H,1-7H2. The van der Waals surface area contributed by atoms with Gasteiger partial charge < -0.3 is 4.90 Å². The summed E-state index contributed by atoms with van der Waals surface area (Å²) in [5, 5.41) is 4.44. The van der Waals surface area contributed by atoms with E-state index in [9.17, 15) is 4.79 Å². The monoisotopic (exact) mass is 220 g/mol. The van der Waals surface area contributed by atoms with Crippen LogP contribution in [0.2, 0.25) is 0 Å². The Kier molecular flexibility index (Phi) is 2.38. The topological polar surface area (TPSA) is 51.0 Å². The summed E-state index contributed by atoms with van der Waals surface area (Å²) in [5.41, 5.74) is 0. The second-order valence-electron chi connectivity index (χ2n) is 4.71. The van der Waals surface area contributed by atoms with Gasteiger partial charge in [0.15, 0.2) is 12.1 Å². The second-order valence-corrected chi connectivity index (χ2v) is 4.71. The van der Waals surface area contributed by atoms with Gasteiger partial charge in [0.1, 0.15) is 0 Å². The van der Waals surface area contributed by atoms with E-state index in [2.05, 4.69) is 15.0 Å². The second kappa shape index (κ2) is 3.88. The molecule has 86 valence electrons. The van der Waals surface area contributed by atoms with E-state index in [-0.39, 0.29) is 0 Å². The molecule has 0 amide bonds. The molecule has 2 fully saturated rings. The lowest BCUT2D eigenvalue weighted by Crippen LogP contribution is -2.19. The van der Waals surface area contributed by atoms with E-state index in [4.69, 9.17) is 0 Å². The van der Waals surface area contributed by atoms with Crippen LogP contribution in [-0.4, -0.2) is 34.1 Å². The molecule has 5 heteroatoms. The SMILES string of the molecule is O=Cc1nc(N2CCCC2)nn1CC1CC1. The van der Waals surface area contributed by atoms with Gasteiger partial charge in [-0.3, -0.25) is 4.79 Å². The first kappa shape index (κ1) is 9.81. The van der Waals surface area contributed by atoms with Crippen LogP contribution in [0.5, 0.6) is 0 Å². The fraction of sp³-hybridized carbons (Fsp3) is 0.727. The van der Waals surface area contributed by atoms with Crippen molar-refractivity contribution in [3.8, 4) is 0 Å². The molecule has 1 saturated heterocycles. The largest absolute Gasteiger partial charge is 0.340 e. The molecule has 0 N–H and O–H groups in total. The highest BCUT2D eigenvalue weighted by atomic mass is 16.1. The molecule has 1 aromatic rings. The summed E-state index contributed by atoms with van der Waals surface area (Å²) in [6.45, 7) is 2.90. The van der Waals surface area contributed by atoms with Crippen LogP contribution in [-0.2, 0) is 6.54 Å². The zero-order chi connectivity index (χ0) is 11.0. The molecule has 2 aliphatic rings. The van der Waals surface area contributed by atoms with Gasteiger partial charge in [0, 0.05) is 19.6 Å². The van der Waals surface area contributed by atoms with Gasteiger partial charge in [0.05, 0.1) is 0 Å². The maximum Gasteiger partial charge on any atom is 0.245 e. The van der Waals surface area contributed by atoms with Gasteiger partial charge in [0.2, 0.25) is 5.95 Å². The maximum absolute atomic E-state index is 10.9. The molecule has 2 heterocycles. The molecule has 5 nitrogen and oxygen atoms in total. The molecule has 0 atom stereocenters. The van der Waals surface area contributed by atoms with Crippen LogP contribution in [0.4, 0.5) is 5.95 Å². The fourth-order valence-corrected chi connectivity index (χ4v) is 2.16. The first-order valence-electron chi connectivity index (χ1n) is 6.02. The summed E-state index contributed by atoms with van der Waals surface area (Å²) < 4.78 is 1.78. The van der Waals surface area contributed by atoms with Crippen LogP contribution < -0.4 is 4.90 Å². The van der Waals surface area contributed by atoms with E-state index in [1.165, 1.54) is 25.7 Å². The Morgan fingerprint density at radius 2 is 2.06 bits per heavy atom. The predicted octanol–water partition coefficient (Wildman–Crippen LogP) is 1.10. The van der Waals surface area contributed by atoms with Crippen molar-refractivity contribution in [2.45, 2.75) is 32.2 Å². The predicted molar refractivity (Wildman–Crippen MR) is 59.6 cm³/mol. The molecule has 0 radical (unpaired) electrons. The minimum absolute atomic E-state index is 0.480. The fourth-order valence-electron chi connectivity index (χ4n) is 2.16. The third-order valence-corrected chi connectivity index (χ3v) is 3.31. The Labute approximate surface area is 94.5 Å². The molecule has 0 aromatic carbocycles. The summed E-state index contributed by atoms with van der Waals surface area (Å²) in [6.07, 6.45) is 5.74. The van der Waals surface area contributed by atoms with Gasteiger partial charge in [-0.15, -0.1) is 5.10 Å². The Hall–Kier alpha value is -1.39. The third kappa shape index (κ3) is 1.81. The summed E-state index contributed by atoms with van der Waals surface area (Å²) >= 11 is 0. The van der Waals surface area contributed by atoms with E-state index in [0.717, 1.165) is 31.9 Å². The number of aromatic nitrogens is 3. The number of hydrogen-bond acceptors (Lipinski definition) is 4. The highest BCUT2D eigenvalue weighted by Crippen LogP contribution is 2.30. The first-order valence-corrected chi connectivity index (χ1v) is 6.02. The summed E-state index contributed by atoms with van der Waals surface area (Å²) in [7, 11) is 0. The minimum Gasteiger partial charge on any atom is -0.340 e. The van der Waals surface area contributed by atoms with Crippen LogP contribution in [0.25, 0.3) is 0 Å². The van der Waals surface area contributed by atoms with Crippen LogP contribution in [0.3, 0.4) is 0 Å². The van der Waals surface area contributed by atoms with E-state index >= 15 is 0 Å². The van der Waals surface area contributed by atoms with Crippen LogP contribution in [0.15, 0.2) is 0 Å². The van der Waals surface area contributed by atoms with Gasteiger partial charge in [-0.25, -0.2) is 4.68 Å². The smallest absolute Gasteiger partial charge is 0.245 e. The summed E-state index contributed by atoms with van der Waals surface area (Å²) in [5.74, 6) is 1.93. The molecule has 1 aliphatic carbocycles. The lowest BCUT2D eigenvalue weighted by Gasteiger charge is -2.10. The molecule has 0 spiro atoms. The van der Waals surface area contributed by atoms with Gasteiger partial charge in [0.25, 0.3) is 0 Å². The molecule has 1 aromatic heterocycles. The number of rotatable bonds is 4. The number of aldehydes is 1. The maximum atomic E-state index is 10.9. The molecule has 1 saturated carbocycles. The molecule has 3 rings (SSSR count). The van der Waals surface area contributed by atoms with Crippen molar-refractivity contribution in [2.24, 2.45) is 5.92 Å². The summed E-state index contributed by atoms with van der Waals surface area (Å²) in [6, 6.07) is 0. The lowest BCUT2D eigenvalue weighted by atomic mass is 10.4. The number of hydrogen-bond donors (Lipinski definition) is 0. The summed E-state index contributed by atoms with van der Waals surface area (Å²) in [4.78, 5) is 17.4. The van der Waals surface area contributed by atoms with Crippen molar-refractivity contribution in [1.29, 1.82) is 0 Å². The first-order chi connectivity index (χ1) is 7.86. The number of anilines is 1. The molecular formula is C11H16N4O. The van der Waals surface area contributed by atoms with Crippen molar-refractivity contribution in [2.75, 3.05) is 18.0 Å². The van der Waals surface area contributed by atoms with Crippen molar-refractivity contribution in [1.82, 2.24) is 14.8 Å². The Balaban J connectivity index is 1.82. The number of carbonyl (C=O) groups is 1. The number of nitrogens with zero attached hydrogens (tertiary/aromatic N) is 4. The zero-order valence-electron chi connectivity index (χ0n) is 9.30. The minimum atomic E-state index is 0.480. The quantitative estimate of drug-likeness (QED) is 0.713. The van der Waals surface area contributed by atoms with Crippen molar-refractivity contribution >= 4 is 12.2 Å². The average Bonchev–Trinajstić information content (AvgIpc) is 2.83. The van der Waals surface area contributed by atoms with Crippen LogP contribution >= 0.6 is 0 Å². The van der Waals surface area contributed by atoms with Crippen molar-refractivity contribution in [3.63, 3.8) is 0 Å². The molecular weight excluding hydrogens is 204 g/mol. The van der Waals surface area contributed by atoms with Crippen LogP contribution in [0.1, 0.15) is 36.3 Å². The Morgan fingerprint density at radius 3 is 2.69 bits per heavy atom. The van der Waals surface area contributed by atoms with Gasteiger partial charge in [-0.05, 0) is 31.6 Å². The van der Waals surface area contributed by atoms with E-state index in [0.29, 0.717) is 11.7 Å². The Morgan fingerprint density at radius 1 is 1.31 bits per heavy atom. The third-order valence-electron chi connectivity index (χ3n) is 3.31. The van der Waals surface area contributed by atoms with Crippen LogP contribution in [0, 0.1) is 5.92 Å². The average molecular weight is 220 g/mol. The highest BCUT2D eigenvalue weighted by Gasteiger charge is 2.25. The zero-order valence-corrected chi connectivity index (χ0v) is 9.30. The lowest BCUT2D eigenvalue weighted by molar-refractivity contribution is 0.110. The molecule has 16 heavy (non-hydrogen) atoms. The van der Waals surface area contributed by atoms with E-state index < -0.39 is 0 Å². The van der Waals surface area contributed by atoms with Gasteiger partial charge in [-0.1, -0.05) is 0 Å². The molecule has 0 bridgehead atoms. The number of carbonyl (C=O) groups excluding carboxylic acids is 1. The molecule has 0 unspecified atom stereocenters. The van der Waals surface area contributed by atoms with Gasteiger partial charge >= 0.3 is 0 Å². The van der Waals surface area contributed by atoms with Crippen molar-refractivity contribution in [3.05, 3.63) is 5.82 Å². The van der Waals surface area contributed by atoms with E-state index in [1.807, 2.05) is 0 Å².